The fraction of sp³-hybridized carbons (Fsp3) is 0.250. The van der Waals surface area contributed by atoms with Crippen LogP contribution in [0.2, 0.25) is 0 Å². The van der Waals surface area contributed by atoms with Crippen LogP contribution in [0.25, 0.3) is 22.5 Å². The summed E-state index contributed by atoms with van der Waals surface area (Å²) in [7, 11) is 0. The predicted octanol–water partition coefficient (Wildman–Crippen LogP) is 3.21. The van der Waals surface area contributed by atoms with Crippen molar-refractivity contribution >= 4 is 5.82 Å². The van der Waals surface area contributed by atoms with E-state index in [0.717, 1.165) is 39.7 Å². The number of aromatic nitrogens is 4. The molecule has 0 saturated heterocycles. The molecular formula is C20H23N5O. The predicted molar refractivity (Wildman–Crippen MR) is 104 cm³/mol. The van der Waals surface area contributed by atoms with Gasteiger partial charge in [0, 0.05) is 29.7 Å². The fourth-order valence-electron chi connectivity index (χ4n) is 2.91. The summed E-state index contributed by atoms with van der Waals surface area (Å²) in [6.07, 6.45) is 3.59. The second-order valence-corrected chi connectivity index (χ2v) is 6.02. The first-order chi connectivity index (χ1) is 12.6. The number of allylic oxidation sites excluding steroid dienone is 1. The van der Waals surface area contributed by atoms with E-state index in [2.05, 4.69) is 21.9 Å². The Hall–Kier alpha value is -2.99. The second-order valence-electron chi connectivity index (χ2n) is 6.02. The summed E-state index contributed by atoms with van der Waals surface area (Å²) in [5, 5.41) is 16.9. The molecule has 6 nitrogen and oxygen atoms in total. The van der Waals surface area contributed by atoms with Crippen molar-refractivity contribution in [1.29, 1.82) is 0 Å². The van der Waals surface area contributed by atoms with Crippen LogP contribution < -0.4 is 5.32 Å². The van der Waals surface area contributed by atoms with E-state index in [9.17, 15) is 0 Å². The number of rotatable bonds is 7. The highest BCUT2D eigenvalue weighted by Gasteiger charge is 2.19. The van der Waals surface area contributed by atoms with E-state index in [4.69, 9.17) is 10.2 Å². The van der Waals surface area contributed by atoms with Crippen LogP contribution >= 0.6 is 0 Å². The minimum atomic E-state index is 0.0562. The van der Waals surface area contributed by atoms with Crippen molar-refractivity contribution in [3.8, 4) is 22.5 Å². The topological polar surface area (TPSA) is 75.9 Å². The van der Waals surface area contributed by atoms with E-state index >= 15 is 0 Å². The Labute approximate surface area is 153 Å². The number of nitrogens with one attached hydrogen (secondary N) is 1. The van der Waals surface area contributed by atoms with Gasteiger partial charge >= 0.3 is 0 Å². The molecule has 0 amide bonds. The second kappa shape index (κ2) is 7.93. The minimum absolute atomic E-state index is 0.0562. The van der Waals surface area contributed by atoms with Crippen LogP contribution in [0.15, 0.2) is 49.2 Å². The van der Waals surface area contributed by atoms with Crippen molar-refractivity contribution in [3.05, 3.63) is 60.6 Å². The molecule has 0 aliphatic heterocycles. The number of aliphatic hydroxyl groups excluding tert-OH is 1. The van der Waals surface area contributed by atoms with E-state index in [0.29, 0.717) is 13.1 Å². The monoisotopic (exact) mass is 349 g/mol. The Morgan fingerprint density at radius 2 is 2.12 bits per heavy atom. The Bertz CT molecular complexity index is 916. The lowest BCUT2D eigenvalue weighted by Gasteiger charge is -2.08. The lowest BCUT2D eigenvalue weighted by Crippen LogP contribution is -2.06. The van der Waals surface area contributed by atoms with Crippen molar-refractivity contribution in [3.63, 3.8) is 0 Å². The Balaban J connectivity index is 2.15. The van der Waals surface area contributed by atoms with Gasteiger partial charge in [-0.15, -0.1) is 6.58 Å². The highest BCUT2D eigenvalue weighted by Crippen LogP contribution is 2.34. The molecule has 0 aliphatic carbocycles. The number of aliphatic hydroxyl groups is 1. The van der Waals surface area contributed by atoms with Crippen LogP contribution in [0.4, 0.5) is 5.82 Å². The maximum atomic E-state index is 9.02. The zero-order valence-electron chi connectivity index (χ0n) is 15.1. The SMILES string of the molecule is C=CCn1nc(-c2cccc(C)n2)c(-c2ccnc(NCCO)c2)c1C. The Morgan fingerprint density at radius 1 is 1.27 bits per heavy atom. The molecule has 0 aromatic carbocycles. The third-order valence-corrected chi connectivity index (χ3v) is 4.11. The molecule has 3 aromatic rings. The molecule has 0 aliphatic rings. The van der Waals surface area contributed by atoms with E-state index in [1.54, 1.807) is 6.20 Å². The number of anilines is 1. The largest absolute Gasteiger partial charge is 0.395 e. The van der Waals surface area contributed by atoms with Gasteiger partial charge in [0.1, 0.15) is 11.5 Å². The van der Waals surface area contributed by atoms with Crippen molar-refractivity contribution < 1.29 is 5.11 Å². The zero-order valence-corrected chi connectivity index (χ0v) is 15.1. The first-order valence-corrected chi connectivity index (χ1v) is 8.57. The standard InChI is InChI=1S/C20H23N5O/c1-4-11-25-15(3)19(16-8-9-21-18(13-16)22-10-12-26)20(24-25)17-7-5-6-14(2)23-17/h4-9,13,26H,1,10-12H2,2-3H3,(H,21,22). The third-order valence-electron chi connectivity index (χ3n) is 4.11. The van der Waals surface area contributed by atoms with Gasteiger partial charge in [0.25, 0.3) is 0 Å². The molecule has 3 rings (SSSR count). The van der Waals surface area contributed by atoms with E-state index < -0.39 is 0 Å². The average Bonchev–Trinajstić information content (AvgIpc) is 2.97. The number of pyridine rings is 2. The highest BCUT2D eigenvalue weighted by atomic mass is 16.3. The van der Waals surface area contributed by atoms with Gasteiger partial charge in [-0.25, -0.2) is 4.98 Å². The number of hydrogen-bond acceptors (Lipinski definition) is 5. The summed E-state index contributed by atoms with van der Waals surface area (Å²) in [4.78, 5) is 8.96. The normalized spacial score (nSPS) is 10.7. The van der Waals surface area contributed by atoms with Crippen LogP contribution in [-0.2, 0) is 6.54 Å². The van der Waals surface area contributed by atoms with Gasteiger partial charge in [-0.05, 0) is 43.7 Å². The van der Waals surface area contributed by atoms with E-state index in [1.807, 2.05) is 54.9 Å². The summed E-state index contributed by atoms with van der Waals surface area (Å²) in [6.45, 7) is 8.99. The first kappa shape index (κ1) is 17.8. The maximum Gasteiger partial charge on any atom is 0.126 e. The van der Waals surface area contributed by atoms with Crippen LogP contribution in [0, 0.1) is 13.8 Å². The van der Waals surface area contributed by atoms with Gasteiger partial charge in [-0.3, -0.25) is 9.67 Å². The van der Waals surface area contributed by atoms with E-state index in [1.165, 1.54) is 0 Å². The summed E-state index contributed by atoms with van der Waals surface area (Å²) < 4.78 is 1.93. The minimum Gasteiger partial charge on any atom is -0.395 e. The van der Waals surface area contributed by atoms with Crippen LogP contribution in [-0.4, -0.2) is 38.0 Å². The molecule has 0 fully saturated rings. The molecule has 134 valence electrons. The van der Waals surface area contributed by atoms with Crippen LogP contribution in [0.5, 0.6) is 0 Å². The van der Waals surface area contributed by atoms with Crippen molar-refractivity contribution in [1.82, 2.24) is 19.7 Å². The number of hydrogen-bond donors (Lipinski definition) is 2. The average molecular weight is 349 g/mol. The molecule has 0 bridgehead atoms. The maximum absolute atomic E-state index is 9.02. The van der Waals surface area contributed by atoms with Crippen molar-refractivity contribution in [2.45, 2.75) is 20.4 Å². The molecule has 0 saturated carbocycles. The van der Waals surface area contributed by atoms with Crippen LogP contribution in [0.3, 0.4) is 0 Å². The molecule has 0 unspecified atom stereocenters. The number of nitrogens with zero attached hydrogens (tertiary/aromatic N) is 4. The molecule has 0 spiro atoms. The zero-order chi connectivity index (χ0) is 18.5. The molecule has 0 atom stereocenters. The van der Waals surface area contributed by atoms with Crippen LogP contribution in [0.1, 0.15) is 11.4 Å². The fourth-order valence-corrected chi connectivity index (χ4v) is 2.91. The van der Waals surface area contributed by atoms with Gasteiger partial charge in [0.2, 0.25) is 0 Å². The molecule has 6 heteroatoms. The third kappa shape index (κ3) is 3.65. The first-order valence-electron chi connectivity index (χ1n) is 8.57. The molecule has 26 heavy (non-hydrogen) atoms. The van der Waals surface area contributed by atoms with Gasteiger partial charge in [0.15, 0.2) is 0 Å². The quantitative estimate of drug-likeness (QED) is 0.641. The van der Waals surface area contributed by atoms with Gasteiger partial charge in [-0.2, -0.15) is 5.10 Å². The molecule has 2 N–H and O–H groups in total. The van der Waals surface area contributed by atoms with Crippen molar-refractivity contribution in [2.75, 3.05) is 18.5 Å². The molecule has 3 heterocycles. The molecule has 0 radical (unpaired) electrons. The van der Waals surface area contributed by atoms with E-state index in [-0.39, 0.29) is 6.61 Å². The molecule has 3 aromatic heterocycles. The smallest absolute Gasteiger partial charge is 0.126 e. The van der Waals surface area contributed by atoms with Gasteiger partial charge < -0.3 is 10.4 Å². The highest BCUT2D eigenvalue weighted by molar-refractivity contribution is 5.82. The summed E-state index contributed by atoms with van der Waals surface area (Å²) in [5.74, 6) is 0.718. The Morgan fingerprint density at radius 3 is 2.85 bits per heavy atom. The summed E-state index contributed by atoms with van der Waals surface area (Å²) in [6, 6.07) is 9.87. The molecular weight excluding hydrogens is 326 g/mol. The van der Waals surface area contributed by atoms with Gasteiger partial charge in [-0.1, -0.05) is 12.1 Å². The summed E-state index contributed by atoms with van der Waals surface area (Å²) in [5.41, 5.74) is 5.71. The number of aryl methyl sites for hydroxylation is 1. The lowest BCUT2D eigenvalue weighted by atomic mass is 10.0. The lowest BCUT2D eigenvalue weighted by molar-refractivity contribution is 0.311. The van der Waals surface area contributed by atoms with Crippen molar-refractivity contribution in [2.24, 2.45) is 0 Å². The Kier molecular flexibility index (Phi) is 5.43. The van der Waals surface area contributed by atoms with Gasteiger partial charge in [0.05, 0.1) is 18.8 Å². The summed E-state index contributed by atoms with van der Waals surface area (Å²) >= 11 is 0.